The summed E-state index contributed by atoms with van der Waals surface area (Å²) in [5, 5.41) is 26.0. The molecule has 0 aliphatic rings. The number of pyridine rings is 1. The molecule has 10 nitrogen and oxygen atoms in total. The molecule has 0 saturated carbocycles. The highest BCUT2D eigenvalue weighted by Crippen LogP contribution is 2.32. The minimum Gasteiger partial charge on any atom is -0.475 e. The van der Waals surface area contributed by atoms with Gasteiger partial charge in [0.05, 0.1) is 5.39 Å². The van der Waals surface area contributed by atoms with Gasteiger partial charge in [0.15, 0.2) is 5.65 Å². The van der Waals surface area contributed by atoms with E-state index in [1.807, 2.05) is 61.6 Å². The number of aliphatic carboxylic acids is 1. The molecule has 2 aromatic carbocycles. The van der Waals surface area contributed by atoms with Crippen molar-refractivity contribution < 1.29 is 27.9 Å². The van der Waals surface area contributed by atoms with Crippen molar-refractivity contribution in [3.63, 3.8) is 0 Å². The van der Waals surface area contributed by atoms with Crippen LogP contribution >= 0.6 is 0 Å². The molecule has 0 aliphatic heterocycles. The topological polar surface area (TPSA) is 138 Å². The number of aryl methyl sites for hydroxylation is 1. The molecule has 0 aliphatic carbocycles. The average molecular weight is 523 g/mol. The van der Waals surface area contributed by atoms with E-state index in [0.29, 0.717) is 17.0 Å². The van der Waals surface area contributed by atoms with Gasteiger partial charge < -0.3 is 15.7 Å². The summed E-state index contributed by atoms with van der Waals surface area (Å²) >= 11 is 0. The van der Waals surface area contributed by atoms with Crippen molar-refractivity contribution in [2.24, 2.45) is 7.05 Å². The Morgan fingerprint density at radius 2 is 1.66 bits per heavy atom. The zero-order chi connectivity index (χ0) is 27.3. The number of carbonyl (C=O) groups excluding carboxylic acids is 1. The summed E-state index contributed by atoms with van der Waals surface area (Å²) in [4.78, 5) is 25.9. The fraction of sp³-hybridized carbons (Fsp3) is 0.0800. The van der Waals surface area contributed by atoms with Gasteiger partial charge in [-0.25, -0.2) is 9.48 Å². The molecule has 194 valence electrons. The van der Waals surface area contributed by atoms with Gasteiger partial charge in [0.2, 0.25) is 0 Å². The van der Waals surface area contributed by atoms with Crippen molar-refractivity contribution in [3.05, 3.63) is 84.7 Å². The van der Waals surface area contributed by atoms with Crippen molar-refractivity contribution in [2.45, 2.75) is 6.18 Å². The molecule has 38 heavy (non-hydrogen) atoms. The van der Waals surface area contributed by atoms with Gasteiger partial charge in [-0.1, -0.05) is 36.4 Å². The average Bonchev–Trinajstić information content (AvgIpc) is 3.46. The molecule has 0 fully saturated rings. The summed E-state index contributed by atoms with van der Waals surface area (Å²) in [6.07, 6.45) is -1.67. The Hall–Kier alpha value is -5.20. The van der Waals surface area contributed by atoms with Crippen LogP contribution in [0, 0.1) is 0 Å². The summed E-state index contributed by atoms with van der Waals surface area (Å²) in [7, 11) is 1.83. The smallest absolute Gasteiger partial charge is 0.475 e. The van der Waals surface area contributed by atoms with Gasteiger partial charge >= 0.3 is 12.1 Å². The second-order valence-corrected chi connectivity index (χ2v) is 7.83. The van der Waals surface area contributed by atoms with Crippen molar-refractivity contribution in [1.29, 1.82) is 0 Å². The fourth-order valence-electron chi connectivity index (χ4n) is 3.45. The fourth-order valence-corrected chi connectivity index (χ4v) is 3.45. The number of hydrogen-bond donors (Lipinski definition) is 4. The number of carboxylic acid groups (broad SMARTS) is 1. The number of benzene rings is 2. The number of carbonyl (C=O) groups is 2. The van der Waals surface area contributed by atoms with Crippen LogP contribution in [0.1, 0.15) is 10.4 Å². The number of hydrogen-bond acceptors (Lipinski definition) is 6. The molecule has 13 heteroatoms. The van der Waals surface area contributed by atoms with Crippen molar-refractivity contribution in [2.75, 3.05) is 10.6 Å². The van der Waals surface area contributed by atoms with Crippen LogP contribution in [-0.4, -0.2) is 48.1 Å². The Morgan fingerprint density at radius 3 is 2.32 bits per heavy atom. The highest BCUT2D eigenvalue weighted by Gasteiger charge is 2.38. The van der Waals surface area contributed by atoms with Gasteiger partial charge in [-0.05, 0) is 30.3 Å². The summed E-state index contributed by atoms with van der Waals surface area (Å²) in [6, 6.07) is 20.8. The number of fused-ring (bicyclic) bond motifs is 1. The third kappa shape index (κ3) is 5.95. The number of alkyl halides is 3. The lowest BCUT2D eigenvalue weighted by atomic mass is 10.1. The molecule has 5 rings (SSSR count). The number of aromatic amines is 1. The summed E-state index contributed by atoms with van der Waals surface area (Å²) in [5.74, 6) is -2.49. The van der Waals surface area contributed by atoms with Crippen LogP contribution in [0.15, 0.2) is 79.1 Å². The quantitative estimate of drug-likeness (QED) is 0.255. The van der Waals surface area contributed by atoms with Crippen LogP contribution in [0.3, 0.4) is 0 Å². The second-order valence-electron chi connectivity index (χ2n) is 7.83. The predicted molar refractivity (Wildman–Crippen MR) is 134 cm³/mol. The molecule has 3 heterocycles. The van der Waals surface area contributed by atoms with Gasteiger partial charge in [0, 0.05) is 41.9 Å². The number of nitrogens with one attached hydrogen (secondary N) is 3. The van der Waals surface area contributed by atoms with E-state index in [1.54, 1.807) is 29.2 Å². The van der Waals surface area contributed by atoms with E-state index in [9.17, 15) is 18.0 Å². The van der Waals surface area contributed by atoms with Gasteiger partial charge in [-0.2, -0.15) is 23.4 Å². The summed E-state index contributed by atoms with van der Waals surface area (Å²) in [5.41, 5.74) is 4.60. The molecule has 0 spiro atoms. The number of halogens is 3. The third-order valence-corrected chi connectivity index (χ3v) is 5.16. The van der Waals surface area contributed by atoms with Gasteiger partial charge in [0.1, 0.15) is 11.5 Å². The first kappa shape index (κ1) is 25.9. The Bertz CT molecular complexity index is 1570. The van der Waals surface area contributed by atoms with Crippen LogP contribution < -0.4 is 10.6 Å². The van der Waals surface area contributed by atoms with E-state index >= 15 is 0 Å². The van der Waals surface area contributed by atoms with Crippen molar-refractivity contribution in [3.8, 4) is 11.3 Å². The minimum atomic E-state index is -5.08. The first-order valence-electron chi connectivity index (χ1n) is 11.0. The molecule has 0 atom stereocenters. The molecular formula is C25H20F3N7O3. The lowest BCUT2D eigenvalue weighted by molar-refractivity contribution is -0.192. The van der Waals surface area contributed by atoms with E-state index in [2.05, 4.69) is 30.9 Å². The number of aromatic nitrogens is 5. The molecule has 1 amide bonds. The van der Waals surface area contributed by atoms with Crippen molar-refractivity contribution >= 4 is 40.1 Å². The third-order valence-electron chi connectivity index (χ3n) is 5.16. The Kier molecular flexibility index (Phi) is 7.37. The maximum absolute atomic E-state index is 13.0. The highest BCUT2D eigenvalue weighted by atomic mass is 19.4. The molecule has 0 radical (unpaired) electrons. The zero-order valence-corrected chi connectivity index (χ0v) is 19.7. The van der Waals surface area contributed by atoms with E-state index in [0.717, 1.165) is 28.0 Å². The Labute approximate surface area is 213 Å². The minimum absolute atomic E-state index is 0.244. The van der Waals surface area contributed by atoms with Crippen LogP contribution in [0.4, 0.5) is 30.4 Å². The zero-order valence-electron chi connectivity index (χ0n) is 19.7. The number of anilines is 3. The lowest BCUT2D eigenvalue weighted by Gasteiger charge is -2.08. The maximum atomic E-state index is 13.0. The number of rotatable bonds is 5. The normalized spacial score (nSPS) is 10.9. The van der Waals surface area contributed by atoms with E-state index < -0.39 is 12.1 Å². The molecule has 0 bridgehead atoms. The number of H-pyrrole nitrogens is 1. The van der Waals surface area contributed by atoms with Gasteiger partial charge in [-0.15, -0.1) is 0 Å². The SMILES string of the molecule is Cn1nc(-c2ccccc2)c2c(NC(=O)c3cccc(Nc4ccncc4)c3)[nH]nc21.O=C(O)C(F)(F)F. The van der Waals surface area contributed by atoms with Gasteiger partial charge in [-0.3, -0.25) is 14.9 Å². The number of nitrogens with zero attached hydrogens (tertiary/aromatic N) is 4. The Morgan fingerprint density at radius 1 is 0.974 bits per heavy atom. The maximum Gasteiger partial charge on any atom is 0.490 e. The second kappa shape index (κ2) is 10.8. The molecule has 3 aromatic heterocycles. The lowest BCUT2D eigenvalue weighted by Crippen LogP contribution is -2.21. The van der Waals surface area contributed by atoms with Gasteiger partial charge in [0.25, 0.3) is 5.91 Å². The van der Waals surface area contributed by atoms with Crippen molar-refractivity contribution in [1.82, 2.24) is 25.0 Å². The molecule has 0 unspecified atom stereocenters. The molecule has 4 N–H and O–H groups in total. The van der Waals surface area contributed by atoms with Crippen LogP contribution in [0.25, 0.3) is 22.3 Å². The highest BCUT2D eigenvalue weighted by molar-refractivity contribution is 6.10. The summed E-state index contributed by atoms with van der Waals surface area (Å²) < 4.78 is 33.4. The van der Waals surface area contributed by atoms with Crippen LogP contribution in [-0.2, 0) is 11.8 Å². The first-order chi connectivity index (χ1) is 18.1. The molecule has 5 aromatic rings. The number of amides is 1. The van der Waals surface area contributed by atoms with Crippen LogP contribution in [0.2, 0.25) is 0 Å². The van der Waals surface area contributed by atoms with E-state index in [-0.39, 0.29) is 5.91 Å². The molecular weight excluding hydrogens is 503 g/mol. The van der Waals surface area contributed by atoms with E-state index in [4.69, 9.17) is 9.90 Å². The monoisotopic (exact) mass is 523 g/mol. The Balaban J connectivity index is 0.000000426. The largest absolute Gasteiger partial charge is 0.490 e. The predicted octanol–water partition coefficient (Wildman–Crippen LogP) is 4.99. The number of carboxylic acids is 1. The first-order valence-corrected chi connectivity index (χ1v) is 11.0. The standard InChI is InChI=1S/C23H19N7O.C2HF3O2/c1-30-22-19(20(29-30)15-6-3-2-4-7-15)21(27-28-22)26-23(31)16-8-5-9-18(14-16)25-17-10-12-24-13-11-17;3-2(4,5)1(6)7/h2-14H,1H3,(H,24,25)(H2,26,27,28,31);(H,6,7). The molecule has 0 saturated heterocycles. The van der Waals surface area contributed by atoms with E-state index in [1.165, 1.54) is 0 Å². The summed E-state index contributed by atoms with van der Waals surface area (Å²) in [6.45, 7) is 0. The van der Waals surface area contributed by atoms with Crippen LogP contribution in [0.5, 0.6) is 0 Å².